The van der Waals surface area contributed by atoms with Crippen molar-refractivity contribution in [3.8, 4) is 5.75 Å². The van der Waals surface area contributed by atoms with E-state index in [0.29, 0.717) is 19.7 Å². The van der Waals surface area contributed by atoms with E-state index in [1.165, 1.54) is 0 Å². The lowest BCUT2D eigenvalue weighted by Gasteiger charge is -2.30. The molecular weight excluding hydrogens is 400 g/mol. The average molecular weight is 435 g/mol. The standard InChI is InChI=1S/C27H34N2O3/c1-2-3-7-17-28-27(31)24-15-18-29(19-16-24)26(30)14-13-22-11-8-12-25(20-22)32-21-23-9-5-4-6-10-23/h4-6,8-14,20,24H,2-3,7,15-19,21H2,1H3,(H,28,31). The van der Waals surface area contributed by atoms with Crippen LogP contribution in [-0.4, -0.2) is 36.3 Å². The summed E-state index contributed by atoms with van der Waals surface area (Å²) in [6.45, 7) is 4.66. The zero-order chi connectivity index (χ0) is 22.6. The first-order valence-electron chi connectivity index (χ1n) is 11.7. The number of hydrogen-bond donors (Lipinski definition) is 1. The normalized spacial score (nSPS) is 14.5. The smallest absolute Gasteiger partial charge is 0.246 e. The van der Waals surface area contributed by atoms with E-state index in [1.807, 2.05) is 65.6 Å². The number of nitrogens with zero attached hydrogens (tertiary/aromatic N) is 1. The minimum absolute atomic E-state index is 0.0117. The Morgan fingerprint density at radius 1 is 1.06 bits per heavy atom. The molecule has 32 heavy (non-hydrogen) atoms. The van der Waals surface area contributed by atoms with Gasteiger partial charge in [0.1, 0.15) is 12.4 Å². The van der Waals surface area contributed by atoms with Gasteiger partial charge in [0.2, 0.25) is 11.8 Å². The van der Waals surface area contributed by atoms with Crippen molar-refractivity contribution in [3.63, 3.8) is 0 Å². The fourth-order valence-electron chi connectivity index (χ4n) is 3.81. The fraction of sp³-hybridized carbons (Fsp3) is 0.407. The minimum atomic E-state index is -0.0117. The van der Waals surface area contributed by atoms with Gasteiger partial charge in [0.25, 0.3) is 0 Å². The van der Waals surface area contributed by atoms with Crippen LogP contribution >= 0.6 is 0 Å². The predicted octanol–water partition coefficient (Wildman–Crippen LogP) is 4.82. The summed E-state index contributed by atoms with van der Waals surface area (Å²) in [4.78, 5) is 26.7. The molecule has 0 aliphatic carbocycles. The summed E-state index contributed by atoms with van der Waals surface area (Å²) in [5, 5.41) is 3.04. The summed E-state index contributed by atoms with van der Waals surface area (Å²) in [7, 11) is 0. The van der Waals surface area contributed by atoms with Crippen LogP contribution in [0.3, 0.4) is 0 Å². The molecule has 2 aromatic carbocycles. The minimum Gasteiger partial charge on any atom is -0.489 e. The van der Waals surface area contributed by atoms with Gasteiger partial charge in [-0.2, -0.15) is 0 Å². The molecule has 0 atom stereocenters. The molecule has 0 unspecified atom stereocenters. The highest BCUT2D eigenvalue weighted by Crippen LogP contribution is 2.19. The Labute approximate surface area is 191 Å². The second kappa shape index (κ2) is 12.7. The maximum atomic E-state index is 12.6. The molecule has 1 heterocycles. The predicted molar refractivity (Wildman–Crippen MR) is 128 cm³/mol. The summed E-state index contributed by atoms with van der Waals surface area (Å²) >= 11 is 0. The Balaban J connectivity index is 1.44. The molecule has 0 aromatic heterocycles. The number of carbonyl (C=O) groups excluding carboxylic acids is 2. The van der Waals surface area contributed by atoms with Gasteiger partial charge in [-0.25, -0.2) is 0 Å². The largest absolute Gasteiger partial charge is 0.489 e. The average Bonchev–Trinajstić information content (AvgIpc) is 2.85. The van der Waals surface area contributed by atoms with E-state index < -0.39 is 0 Å². The topological polar surface area (TPSA) is 58.6 Å². The Morgan fingerprint density at radius 3 is 2.59 bits per heavy atom. The maximum absolute atomic E-state index is 12.6. The van der Waals surface area contributed by atoms with Crippen molar-refractivity contribution in [2.45, 2.75) is 45.6 Å². The molecule has 5 heteroatoms. The van der Waals surface area contributed by atoms with Crippen LogP contribution in [-0.2, 0) is 16.2 Å². The molecule has 1 fully saturated rings. The Morgan fingerprint density at radius 2 is 1.84 bits per heavy atom. The van der Waals surface area contributed by atoms with Gasteiger partial charge >= 0.3 is 0 Å². The quantitative estimate of drug-likeness (QED) is 0.431. The number of amides is 2. The molecule has 1 aliphatic heterocycles. The summed E-state index contributed by atoms with van der Waals surface area (Å²) in [5.41, 5.74) is 2.03. The van der Waals surface area contributed by atoms with Crippen LogP contribution in [0.1, 0.15) is 50.2 Å². The summed E-state index contributed by atoms with van der Waals surface area (Å²) in [6, 6.07) is 17.8. The molecule has 3 rings (SSSR count). The Bertz CT molecular complexity index is 887. The molecule has 170 valence electrons. The van der Waals surface area contributed by atoms with Crippen LogP contribution in [0, 0.1) is 5.92 Å². The highest BCUT2D eigenvalue weighted by atomic mass is 16.5. The van der Waals surface area contributed by atoms with Crippen molar-refractivity contribution in [1.82, 2.24) is 10.2 Å². The van der Waals surface area contributed by atoms with E-state index in [1.54, 1.807) is 6.08 Å². The van der Waals surface area contributed by atoms with Crippen LogP contribution in [0.5, 0.6) is 5.75 Å². The SMILES string of the molecule is CCCCCNC(=O)C1CCN(C(=O)C=Cc2cccc(OCc3ccccc3)c2)CC1. The number of benzene rings is 2. The van der Waals surface area contributed by atoms with E-state index in [9.17, 15) is 9.59 Å². The van der Waals surface area contributed by atoms with Crippen LogP contribution in [0.15, 0.2) is 60.7 Å². The highest BCUT2D eigenvalue weighted by Gasteiger charge is 2.26. The summed E-state index contributed by atoms with van der Waals surface area (Å²) < 4.78 is 5.86. The van der Waals surface area contributed by atoms with Crippen LogP contribution < -0.4 is 10.1 Å². The van der Waals surface area contributed by atoms with Crippen molar-refractivity contribution < 1.29 is 14.3 Å². The number of carbonyl (C=O) groups is 2. The molecule has 0 bridgehead atoms. The van der Waals surface area contributed by atoms with Gasteiger partial charge in [-0.3, -0.25) is 9.59 Å². The van der Waals surface area contributed by atoms with Crippen LogP contribution in [0.4, 0.5) is 0 Å². The van der Waals surface area contributed by atoms with E-state index >= 15 is 0 Å². The van der Waals surface area contributed by atoms with Gasteiger partial charge in [-0.1, -0.05) is 62.2 Å². The number of nitrogens with one attached hydrogen (secondary N) is 1. The summed E-state index contributed by atoms with van der Waals surface area (Å²) in [6.07, 6.45) is 8.20. The molecule has 5 nitrogen and oxygen atoms in total. The fourth-order valence-corrected chi connectivity index (χ4v) is 3.81. The van der Waals surface area contributed by atoms with Gasteiger partial charge in [-0.15, -0.1) is 0 Å². The van der Waals surface area contributed by atoms with Crippen molar-refractivity contribution in [1.29, 1.82) is 0 Å². The monoisotopic (exact) mass is 434 g/mol. The number of unbranched alkanes of at least 4 members (excludes halogenated alkanes) is 2. The lowest BCUT2D eigenvalue weighted by atomic mass is 9.95. The Hall–Kier alpha value is -3.08. The molecule has 0 radical (unpaired) electrons. The van der Waals surface area contributed by atoms with Crippen LogP contribution in [0.2, 0.25) is 0 Å². The van der Waals surface area contributed by atoms with E-state index in [0.717, 1.165) is 55.5 Å². The second-order valence-electron chi connectivity index (χ2n) is 8.28. The number of rotatable bonds is 10. The molecular formula is C27H34N2O3. The van der Waals surface area contributed by atoms with E-state index in [4.69, 9.17) is 4.74 Å². The van der Waals surface area contributed by atoms with Crippen molar-refractivity contribution >= 4 is 17.9 Å². The molecule has 0 saturated carbocycles. The zero-order valence-corrected chi connectivity index (χ0v) is 19.0. The molecule has 2 aromatic rings. The van der Waals surface area contributed by atoms with E-state index in [-0.39, 0.29) is 17.7 Å². The van der Waals surface area contributed by atoms with E-state index in [2.05, 4.69) is 12.2 Å². The first kappa shape index (κ1) is 23.6. The second-order valence-corrected chi connectivity index (χ2v) is 8.28. The molecule has 1 N–H and O–H groups in total. The molecule has 0 spiro atoms. The number of piperidine rings is 1. The van der Waals surface area contributed by atoms with Gasteiger partial charge in [0.15, 0.2) is 0 Å². The van der Waals surface area contributed by atoms with Gasteiger partial charge in [-0.05, 0) is 48.6 Å². The maximum Gasteiger partial charge on any atom is 0.246 e. The number of ether oxygens (including phenoxy) is 1. The van der Waals surface area contributed by atoms with Gasteiger partial charge in [0, 0.05) is 31.6 Å². The van der Waals surface area contributed by atoms with Crippen LogP contribution in [0.25, 0.3) is 6.08 Å². The van der Waals surface area contributed by atoms with Crippen molar-refractivity contribution in [2.75, 3.05) is 19.6 Å². The van der Waals surface area contributed by atoms with Crippen molar-refractivity contribution in [2.24, 2.45) is 5.92 Å². The number of likely N-dealkylation sites (tertiary alicyclic amines) is 1. The van der Waals surface area contributed by atoms with Gasteiger partial charge in [0.05, 0.1) is 0 Å². The molecule has 1 aliphatic rings. The molecule has 2 amide bonds. The third kappa shape index (κ3) is 7.56. The zero-order valence-electron chi connectivity index (χ0n) is 19.0. The first-order valence-corrected chi connectivity index (χ1v) is 11.7. The Kier molecular flexibility index (Phi) is 9.36. The van der Waals surface area contributed by atoms with Gasteiger partial charge < -0.3 is 15.0 Å². The lowest BCUT2D eigenvalue weighted by Crippen LogP contribution is -2.42. The summed E-state index contributed by atoms with van der Waals surface area (Å²) in [5.74, 6) is 0.913. The first-order chi connectivity index (χ1) is 15.7. The molecule has 1 saturated heterocycles. The van der Waals surface area contributed by atoms with Crippen molar-refractivity contribution in [3.05, 3.63) is 71.8 Å². The third-order valence-electron chi connectivity index (χ3n) is 5.78. The highest BCUT2D eigenvalue weighted by molar-refractivity contribution is 5.92. The lowest BCUT2D eigenvalue weighted by molar-refractivity contribution is -0.132. The third-order valence-corrected chi connectivity index (χ3v) is 5.78. The number of hydrogen-bond acceptors (Lipinski definition) is 3.